The third kappa shape index (κ3) is 2.56. The van der Waals surface area contributed by atoms with Crippen LogP contribution >= 0.6 is 0 Å². The molecule has 1 amide bonds. The van der Waals surface area contributed by atoms with Gasteiger partial charge in [0, 0.05) is 12.1 Å². The number of nitrogens with one attached hydrogen (secondary N) is 1. The van der Waals surface area contributed by atoms with Crippen LogP contribution in [0.2, 0.25) is 0 Å². The highest BCUT2D eigenvalue weighted by Gasteiger charge is 2.42. The van der Waals surface area contributed by atoms with Gasteiger partial charge in [0.2, 0.25) is 5.91 Å². The molecule has 1 aliphatic heterocycles. The number of carbonyl (C=O) groups is 1. The van der Waals surface area contributed by atoms with E-state index in [1.807, 2.05) is 0 Å². The maximum absolute atomic E-state index is 12.4. The lowest BCUT2D eigenvalue weighted by atomic mass is 9.85. The summed E-state index contributed by atoms with van der Waals surface area (Å²) in [5, 5.41) is 3.35. The average molecular weight is 250 g/mol. The second kappa shape index (κ2) is 5.20. The van der Waals surface area contributed by atoms with Gasteiger partial charge in [-0.05, 0) is 57.4 Å². The molecule has 1 saturated heterocycles. The smallest absolute Gasteiger partial charge is 0.237 e. The van der Waals surface area contributed by atoms with Crippen LogP contribution in [0.5, 0.6) is 0 Å². The van der Waals surface area contributed by atoms with Gasteiger partial charge in [0.25, 0.3) is 0 Å². The fourth-order valence-electron chi connectivity index (χ4n) is 3.94. The Balaban J connectivity index is 1.53. The minimum atomic E-state index is 0.345. The van der Waals surface area contributed by atoms with Gasteiger partial charge in [-0.3, -0.25) is 4.79 Å². The quantitative estimate of drug-likeness (QED) is 0.829. The maximum atomic E-state index is 12.4. The molecule has 3 atom stereocenters. The Hall–Kier alpha value is -0.570. The van der Waals surface area contributed by atoms with Gasteiger partial charge in [-0.25, -0.2) is 0 Å². The number of hydrogen-bond donors (Lipinski definition) is 1. The number of nitrogens with zero attached hydrogens (tertiary/aromatic N) is 1. The van der Waals surface area contributed by atoms with Crippen LogP contribution in [0.1, 0.15) is 51.9 Å². The predicted molar refractivity (Wildman–Crippen MR) is 72.3 cm³/mol. The van der Waals surface area contributed by atoms with Gasteiger partial charge in [0.1, 0.15) is 0 Å². The normalized spacial score (nSPS) is 35.6. The number of rotatable bonds is 4. The summed E-state index contributed by atoms with van der Waals surface area (Å²) in [7, 11) is 0. The third-order valence-corrected chi connectivity index (χ3v) is 5.04. The topological polar surface area (TPSA) is 32.3 Å². The zero-order valence-corrected chi connectivity index (χ0v) is 11.5. The molecule has 0 radical (unpaired) electrons. The zero-order chi connectivity index (χ0) is 12.5. The fraction of sp³-hybridized carbons (Fsp3) is 0.933. The molecule has 3 fully saturated rings. The Labute approximate surface area is 110 Å². The lowest BCUT2D eigenvalue weighted by molar-refractivity contribution is -0.133. The molecule has 3 unspecified atom stereocenters. The van der Waals surface area contributed by atoms with E-state index in [-0.39, 0.29) is 0 Å². The molecule has 3 rings (SSSR count). The number of fused-ring (bicyclic) bond motifs is 1. The Morgan fingerprint density at radius 2 is 2.00 bits per heavy atom. The summed E-state index contributed by atoms with van der Waals surface area (Å²) in [6.45, 7) is 3.84. The summed E-state index contributed by atoms with van der Waals surface area (Å²) < 4.78 is 0. The Morgan fingerprint density at radius 1 is 1.22 bits per heavy atom. The predicted octanol–water partition coefficient (Wildman–Crippen LogP) is 2.17. The van der Waals surface area contributed by atoms with Crippen molar-refractivity contribution in [2.45, 2.75) is 64.0 Å². The first kappa shape index (κ1) is 12.5. The lowest BCUT2D eigenvalue weighted by Gasteiger charge is -2.33. The molecule has 0 aromatic heterocycles. The van der Waals surface area contributed by atoms with E-state index in [2.05, 4.69) is 17.1 Å². The Bertz CT molecular complexity index is 314. The van der Waals surface area contributed by atoms with E-state index in [0.717, 1.165) is 18.4 Å². The number of amides is 1. The molecule has 2 saturated carbocycles. The first-order valence-corrected chi connectivity index (χ1v) is 7.77. The average Bonchev–Trinajstić information content (AvgIpc) is 3.10. The van der Waals surface area contributed by atoms with Gasteiger partial charge in [-0.2, -0.15) is 0 Å². The highest BCUT2D eigenvalue weighted by molar-refractivity contribution is 5.79. The van der Waals surface area contributed by atoms with E-state index >= 15 is 0 Å². The van der Waals surface area contributed by atoms with Crippen molar-refractivity contribution in [1.29, 1.82) is 0 Å². The first-order chi connectivity index (χ1) is 8.75. The second-order valence-electron chi connectivity index (χ2n) is 6.57. The van der Waals surface area contributed by atoms with Crippen LogP contribution in [-0.4, -0.2) is 36.0 Å². The second-order valence-corrected chi connectivity index (χ2v) is 6.57. The zero-order valence-electron chi connectivity index (χ0n) is 11.5. The van der Waals surface area contributed by atoms with Gasteiger partial charge < -0.3 is 10.2 Å². The molecule has 102 valence electrons. The molecule has 3 heteroatoms. The van der Waals surface area contributed by atoms with Crippen molar-refractivity contribution in [3.8, 4) is 0 Å². The summed E-state index contributed by atoms with van der Waals surface area (Å²) in [5.41, 5.74) is 0. The first-order valence-electron chi connectivity index (χ1n) is 7.77. The van der Waals surface area contributed by atoms with Crippen LogP contribution in [0.25, 0.3) is 0 Å². The van der Waals surface area contributed by atoms with Crippen LogP contribution in [0.15, 0.2) is 0 Å². The van der Waals surface area contributed by atoms with Gasteiger partial charge in [0.05, 0.1) is 6.54 Å². The number of carbonyl (C=O) groups excluding carboxylic acids is 1. The summed E-state index contributed by atoms with van der Waals surface area (Å²) in [6.07, 6.45) is 9.21. The summed E-state index contributed by atoms with van der Waals surface area (Å²) in [5.74, 6) is 2.00. The molecule has 2 aliphatic carbocycles. The van der Waals surface area contributed by atoms with E-state index in [4.69, 9.17) is 0 Å². The van der Waals surface area contributed by atoms with Crippen molar-refractivity contribution in [2.75, 3.05) is 13.1 Å². The van der Waals surface area contributed by atoms with Crippen molar-refractivity contribution in [3.05, 3.63) is 0 Å². The fourth-order valence-corrected chi connectivity index (χ4v) is 3.94. The Morgan fingerprint density at radius 3 is 2.78 bits per heavy atom. The minimum Gasteiger partial charge on any atom is -0.336 e. The minimum absolute atomic E-state index is 0.345. The highest BCUT2D eigenvalue weighted by Crippen LogP contribution is 2.39. The molecule has 18 heavy (non-hydrogen) atoms. The maximum Gasteiger partial charge on any atom is 0.237 e. The lowest BCUT2D eigenvalue weighted by Crippen LogP contribution is -2.46. The van der Waals surface area contributed by atoms with Crippen LogP contribution in [0, 0.1) is 11.8 Å². The van der Waals surface area contributed by atoms with Crippen LogP contribution in [0.4, 0.5) is 0 Å². The number of likely N-dealkylation sites (tertiary alicyclic amines) is 1. The van der Waals surface area contributed by atoms with Crippen LogP contribution in [-0.2, 0) is 4.79 Å². The molecule has 0 aromatic rings. The molecule has 0 spiro atoms. The van der Waals surface area contributed by atoms with Crippen molar-refractivity contribution in [2.24, 2.45) is 11.8 Å². The number of hydrogen-bond acceptors (Lipinski definition) is 2. The standard InChI is InChI=1S/C15H26N2O/c1-11-8-13-4-2-3-5-14(13)17(11)15(18)10-16-9-12-6-7-12/h11-14,16H,2-10H2,1H3. The van der Waals surface area contributed by atoms with E-state index in [1.165, 1.54) is 44.9 Å². The van der Waals surface area contributed by atoms with E-state index in [9.17, 15) is 4.79 Å². The molecule has 0 bridgehead atoms. The summed E-state index contributed by atoms with van der Waals surface area (Å²) >= 11 is 0. The third-order valence-electron chi connectivity index (χ3n) is 5.04. The SMILES string of the molecule is CC1CC2CCCCC2N1C(=O)CNCC1CC1. The van der Waals surface area contributed by atoms with Crippen molar-refractivity contribution < 1.29 is 4.79 Å². The van der Waals surface area contributed by atoms with Crippen LogP contribution < -0.4 is 5.32 Å². The molecule has 1 heterocycles. The van der Waals surface area contributed by atoms with Crippen molar-refractivity contribution in [3.63, 3.8) is 0 Å². The molecular weight excluding hydrogens is 224 g/mol. The van der Waals surface area contributed by atoms with Gasteiger partial charge in [0.15, 0.2) is 0 Å². The highest BCUT2D eigenvalue weighted by atomic mass is 16.2. The van der Waals surface area contributed by atoms with Gasteiger partial charge >= 0.3 is 0 Å². The molecule has 3 nitrogen and oxygen atoms in total. The van der Waals surface area contributed by atoms with Gasteiger partial charge in [-0.1, -0.05) is 12.8 Å². The molecule has 0 aromatic carbocycles. The largest absolute Gasteiger partial charge is 0.336 e. The van der Waals surface area contributed by atoms with Gasteiger partial charge in [-0.15, -0.1) is 0 Å². The van der Waals surface area contributed by atoms with Crippen molar-refractivity contribution >= 4 is 5.91 Å². The van der Waals surface area contributed by atoms with Crippen LogP contribution in [0.3, 0.4) is 0 Å². The van der Waals surface area contributed by atoms with E-state index in [0.29, 0.717) is 24.5 Å². The molecule has 1 N–H and O–H groups in total. The monoisotopic (exact) mass is 250 g/mol. The van der Waals surface area contributed by atoms with E-state index in [1.54, 1.807) is 0 Å². The molecular formula is C15H26N2O. The molecule has 3 aliphatic rings. The van der Waals surface area contributed by atoms with E-state index < -0.39 is 0 Å². The van der Waals surface area contributed by atoms with Crippen molar-refractivity contribution in [1.82, 2.24) is 10.2 Å². The summed E-state index contributed by atoms with van der Waals surface area (Å²) in [6, 6.07) is 1.03. The Kier molecular flexibility index (Phi) is 3.60. The summed E-state index contributed by atoms with van der Waals surface area (Å²) in [4.78, 5) is 14.6.